The average molecular weight is 621 g/mol. The van der Waals surface area contributed by atoms with Crippen LogP contribution in [0.5, 0.6) is 5.75 Å². The van der Waals surface area contributed by atoms with Crippen molar-refractivity contribution in [1.29, 1.82) is 0 Å². The molecule has 1 aromatic heterocycles. The molecule has 0 aliphatic carbocycles. The van der Waals surface area contributed by atoms with Crippen LogP contribution in [-0.2, 0) is 0 Å². The summed E-state index contributed by atoms with van der Waals surface area (Å²) in [5, 5.41) is 16.6. The van der Waals surface area contributed by atoms with Crippen molar-refractivity contribution in [1.82, 2.24) is 39.6 Å². The first kappa shape index (κ1) is 37.5. The number of carbonyl (C=O) groups excluding carboxylic acids is 1. The van der Waals surface area contributed by atoms with Gasteiger partial charge in [0.1, 0.15) is 5.75 Å². The molecule has 2 aromatic carbocycles. The Morgan fingerprint density at radius 2 is 1.32 bits per heavy atom. The average Bonchev–Trinajstić information content (AvgIpc) is 2.89. The van der Waals surface area contributed by atoms with Crippen LogP contribution in [0, 0.1) is 0 Å². The van der Waals surface area contributed by atoms with Gasteiger partial charge in [0.2, 0.25) is 17.8 Å². The van der Waals surface area contributed by atoms with Gasteiger partial charge in [-0.3, -0.25) is 4.79 Å². The number of piperidine rings is 2. The number of amides is 1. The number of aromatic nitrogens is 3. The molecule has 2 aliphatic rings. The molecule has 236 valence electrons. The van der Waals surface area contributed by atoms with Gasteiger partial charge in [0.15, 0.2) is 0 Å². The molecule has 0 saturated carbocycles. The summed E-state index contributed by atoms with van der Waals surface area (Å²) in [6.07, 6.45) is 7.02. The van der Waals surface area contributed by atoms with Crippen LogP contribution in [0.25, 0.3) is 0 Å². The lowest BCUT2D eigenvalue weighted by Crippen LogP contribution is -2.34. The number of nitrogens with zero attached hydrogens (tertiary/aromatic N) is 5. The second-order valence-electron chi connectivity index (χ2n) is 9.18. The molecule has 2 aliphatic heterocycles. The van der Waals surface area contributed by atoms with Crippen molar-refractivity contribution >= 4 is 59.1 Å². The zero-order chi connectivity index (χ0) is 24.9. The van der Waals surface area contributed by atoms with Gasteiger partial charge < -0.3 is 50.1 Å². The standard InChI is InChI=1S/C26H30ClN7O2.ClH.4H3N.4H2/c27-18-10-11-21(22(35)16-18)23(36)28-19-8-7-9-20(17-19)29-24-30-25(33-12-3-1-4-13-33)32-26(31-24)34-14-5-2-6-15-34;;;;;;;;;/h7-11,16-17,35H,1-6,12-15H2,(H,28,36)(H,29,30,31,32);1H;4*1H3;4*1H. The molecule has 1 amide bonds. The molecule has 3 aromatic rings. The third-order valence-electron chi connectivity index (χ3n) is 6.47. The minimum absolute atomic E-state index is 0. The number of nitrogens with one attached hydrogen (secondary N) is 2. The molecule has 15 heteroatoms. The summed E-state index contributed by atoms with van der Waals surface area (Å²) in [5.74, 6) is 1.28. The van der Waals surface area contributed by atoms with Crippen molar-refractivity contribution in [2.24, 2.45) is 0 Å². The maximum Gasteiger partial charge on any atom is 0.259 e. The Hall–Kier alpha value is -3.46. The van der Waals surface area contributed by atoms with E-state index in [-0.39, 0.29) is 54.0 Å². The van der Waals surface area contributed by atoms with E-state index in [2.05, 4.69) is 20.4 Å². The topological polar surface area (TPSA) is 247 Å². The fourth-order valence-corrected chi connectivity index (χ4v) is 4.75. The van der Waals surface area contributed by atoms with E-state index in [1.165, 1.54) is 25.0 Å². The number of phenols is 1. The van der Waals surface area contributed by atoms with E-state index in [0.29, 0.717) is 28.6 Å². The largest absolute Gasteiger partial charge is 0.507 e. The second kappa shape index (κ2) is 17.4. The highest BCUT2D eigenvalue weighted by Crippen LogP contribution is 2.26. The maximum atomic E-state index is 12.7. The van der Waals surface area contributed by atoms with Crippen LogP contribution in [0.15, 0.2) is 42.5 Å². The number of rotatable bonds is 6. The van der Waals surface area contributed by atoms with Crippen molar-refractivity contribution in [3.63, 3.8) is 0 Å². The quantitative estimate of drug-likeness (QED) is 0.144. The summed E-state index contributed by atoms with van der Waals surface area (Å²) in [5.41, 5.74) is 1.45. The van der Waals surface area contributed by atoms with E-state index in [1.807, 2.05) is 12.1 Å². The number of carbonyl (C=O) groups is 1. The van der Waals surface area contributed by atoms with E-state index in [0.717, 1.165) is 57.5 Å². The summed E-state index contributed by atoms with van der Waals surface area (Å²) < 4.78 is 0. The molecule has 5 rings (SSSR count). The Labute approximate surface area is 258 Å². The van der Waals surface area contributed by atoms with Gasteiger partial charge in [-0.25, -0.2) is 0 Å². The summed E-state index contributed by atoms with van der Waals surface area (Å²) in [4.78, 5) is 31.5. The molecule has 0 atom stereocenters. The van der Waals surface area contributed by atoms with Gasteiger partial charge >= 0.3 is 0 Å². The van der Waals surface area contributed by atoms with E-state index < -0.39 is 5.91 Å². The highest BCUT2D eigenvalue weighted by molar-refractivity contribution is 6.31. The van der Waals surface area contributed by atoms with Crippen LogP contribution < -0.4 is 45.0 Å². The normalized spacial score (nSPS) is 14.1. The molecule has 0 bridgehead atoms. The van der Waals surface area contributed by atoms with Crippen LogP contribution >= 0.6 is 24.0 Å². The highest BCUT2D eigenvalue weighted by atomic mass is 35.5. The third-order valence-corrected chi connectivity index (χ3v) is 6.71. The number of phenolic OH excluding ortho intramolecular Hbond substituents is 1. The summed E-state index contributed by atoms with van der Waals surface area (Å²) >= 11 is 5.88. The molecule has 0 radical (unpaired) electrons. The monoisotopic (exact) mass is 619 g/mol. The Balaban J connectivity index is -0.000000593. The third kappa shape index (κ3) is 9.56. The van der Waals surface area contributed by atoms with E-state index >= 15 is 0 Å². The summed E-state index contributed by atoms with van der Waals surface area (Å²) in [7, 11) is 0. The predicted octanol–water partition coefficient (Wildman–Crippen LogP) is 7.26. The van der Waals surface area contributed by atoms with Crippen LogP contribution in [0.4, 0.5) is 29.2 Å². The minimum Gasteiger partial charge on any atom is -0.507 e. The van der Waals surface area contributed by atoms with E-state index in [4.69, 9.17) is 26.6 Å². The van der Waals surface area contributed by atoms with Gasteiger partial charge in [0, 0.05) is 48.3 Å². The first-order valence-corrected chi connectivity index (χ1v) is 12.9. The van der Waals surface area contributed by atoms with Crippen LogP contribution in [0.2, 0.25) is 5.02 Å². The van der Waals surface area contributed by atoms with Gasteiger partial charge in [-0.15, -0.1) is 12.4 Å². The number of halogens is 2. The molecule has 2 fully saturated rings. The zero-order valence-corrected chi connectivity index (χ0v) is 24.9. The van der Waals surface area contributed by atoms with Crippen molar-refractivity contribution < 1.29 is 15.6 Å². The highest BCUT2D eigenvalue weighted by Gasteiger charge is 2.20. The summed E-state index contributed by atoms with van der Waals surface area (Å²) in [6.45, 7) is 3.79. The fourth-order valence-electron chi connectivity index (χ4n) is 4.58. The molecule has 3 heterocycles. The number of hydrogen-bond donors (Lipinski definition) is 7. The van der Waals surface area contributed by atoms with Crippen molar-refractivity contribution in [3.8, 4) is 5.75 Å². The van der Waals surface area contributed by atoms with Crippen molar-refractivity contribution in [3.05, 3.63) is 53.1 Å². The van der Waals surface area contributed by atoms with Gasteiger partial charge in [0.05, 0.1) is 5.56 Å². The Bertz CT molecular complexity index is 1220. The molecule has 15 N–H and O–H groups in total. The molecule has 2 saturated heterocycles. The molecule has 0 spiro atoms. The lowest BCUT2D eigenvalue weighted by Gasteiger charge is -2.30. The molecular formula is C26H51Cl2N11O2. The lowest BCUT2D eigenvalue weighted by molar-refractivity contribution is 0.102. The van der Waals surface area contributed by atoms with E-state index in [9.17, 15) is 9.90 Å². The molecule has 0 unspecified atom stereocenters. The Morgan fingerprint density at radius 1 is 0.780 bits per heavy atom. The van der Waals surface area contributed by atoms with Crippen LogP contribution in [-0.4, -0.2) is 52.1 Å². The van der Waals surface area contributed by atoms with Gasteiger partial charge in [0.25, 0.3) is 5.91 Å². The van der Waals surface area contributed by atoms with Crippen molar-refractivity contribution in [2.75, 3.05) is 46.6 Å². The fraction of sp³-hybridized carbons (Fsp3) is 0.385. The number of hydrogen-bond acceptors (Lipinski definition) is 12. The van der Waals surface area contributed by atoms with Gasteiger partial charge in [-0.2, -0.15) is 15.0 Å². The first-order valence-electron chi connectivity index (χ1n) is 12.5. The first-order chi connectivity index (χ1) is 17.5. The summed E-state index contributed by atoms with van der Waals surface area (Å²) in [6, 6.07) is 11.7. The number of anilines is 5. The smallest absolute Gasteiger partial charge is 0.259 e. The molecule has 41 heavy (non-hydrogen) atoms. The second-order valence-corrected chi connectivity index (χ2v) is 9.61. The lowest BCUT2D eigenvalue weighted by atomic mass is 10.1. The van der Waals surface area contributed by atoms with Gasteiger partial charge in [-0.1, -0.05) is 17.7 Å². The SMILES string of the molecule is Cl.N.N.N.N.O=C(Nc1cccc(Nc2nc(N3CCCCC3)nc(N3CCCCC3)n2)c1)c1ccc(Cl)cc1O.[HH].[HH].[HH].[HH]. The predicted molar refractivity (Wildman–Crippen MR) is 179 cm³/mol. The maximum absolute atomic E-state index is 12.7. The van der Waals surface area contributed by atoms with E-state index in [1.54, 1.807) is 18.2 Å². The molecule has 13 nitrogen and oxygen atoms in total. The Morgan fingerprint density at radius 3 is 1.85 bits per heavy atom. The van der Waals surface area contributed by atoms with Crippen molar-refractivity contribution in [2.45, 2.75) is 38.5 Å². The zero-order valence-electron chi connectivity index (χ0n) is 23.3. The number of benzene rings is 2. The Kier molecular flexibility index (Phi) is 15.9. The van der Waals surface area contributed by atoms with Gasteiger partial charge in [-0.05, 0) is 74.9 Å². The van der Waals surface area contributed by atoms with Crippen LogP contribution in [0.1, 0.15) is 54.6 Å². The number of aromatic hydroxyl groups is 1. The molecular weight excluding hydrogens is 569 g/mol. The minimum atomic E-state index is -0.429. The van der Waals surface area contributed by atoms with Crippen LogP contribution in [0.3, 0.4) is 0 Å².